The quantitative estimate of drug-likeness (QED) is 0.203. The molecule has 1 saturated heterocycles. The Balaban J connectivity index is 2.23. The summed E-state index contributed by atoms with van der Waals surface area (Å²) in [6, 6.07) is 20.8. The van der Waals surface area contributed by atoms with Gasteiger partial charge < -0.3 is 19.0 Å². The number of aliphatic hydroxyl groups excluding tert-OH is 1. The van der Waals surface area contributed by atoms with Crippen LogP contribution in [0.2, 0.25) is 5.04 Å². The number of nitrogens with zero attached hydrogens (tertiary/aromatic N) is 1. The van der Waals surface area contributed by atoms with E-state index in [1.54, 1.807) is 27.2 Å². The van der Waals surface area contributed by atoms with E-state index in [9.17, 15) is 14.7 Å². The van der Waals surface area contributed by atoms with E-state index in [1.807, 2.05) is 36.4 Å². The summed E-state index contributed by atoms with van der Waals surface area (Å²) in [5.74, 6) is -0.621. The van der Waals surface area contributed by atoms with Crippen LogP contribution in [0, 0.1) is 5.92 Å². The number of aliphatic hydroxyl groups is 1. The van der Waals surface area contributed by atoms with Crippen molar-refractivity contribution in [3.05, 3.63) is 72.4 Å². The Morgan fingerprint density at radius 2 is 1.55 bits per heavy atom. The lowest BCUT2D eigenvalue weighted by Crippen LogP contribution is -2.69. The highest BCUT2D eigenvalue weighted by Crippen LogP contribution is 2.44. The van der Waals surface area contributed by atoms with Crippen molar-refractivity contribution >= 4 is 30.4 Å². The molecule has 2 aromatic rings. The Morgan fingerprint density at radius 1 is 1.00 bits per heavy atom. The fraction of sp³-hybridized carbons (Fsp3) is 0.529. The number of unbranched alkanes of at least 4 members (excludes halogenated alkanes) is 1. The van der Waals surface area contributed by atoms with Gasteiger partial charge in [0.2, 0.25) is 5.91 Å². The van der Waals surface area contributed by atoms with Crippen molar-refractivity contribution in [2.75, 3.05) is 13.7 Å². The SMILES string of the molecule is COCCCC[C@@H]1[C@H](O[Si](c2ccccc2)(c2ccccc2)C(C)(C)C)[C@@H]([C@@H](C)O)O[C@H]1N(/C=C(/C)C(C)=O)C(C)=O. The number of methoxy groups -OCH3 is 1. The second-order valence-corrected chi connectivity index (χ2v) is 16.7. The molecular formula is C34H49NO6Si. The Morgan fingerprint density at radius 3 is 1.98 bits per heavy atom. The molecule has 0 radical (unpaired) electrons. The topological polar surface area (TPSA) is 85.3 Å². The zero-order valence-corrected chi connectivity index (χ0v) is 27.5. The largest absolute Gasteiger partial charge is 0.401 e. The molecule has 1 heterocycles. The van der Waals surface area contributed by atoms with Gasteiger partial charge in [0.25, 0.3) is 8.32 Å². The summed E-state index contributed by atoms with van der Waals surface area (Å²) in [5, 5.41) is 13.1. The number of hydrogen-bond acceptors (Lipinski definition) is 6. The highest BCUT2D eigenvalue weighted by molar-refractivity contribution is 6.99. The number of ether oxygens (including phenoxy) is 2. The van der Waals surface area contributed by atoms with E-state index >= 15 is 0 Å². The van der Waals surface area contributed by atoms with Crippen molar-refractivity contribution in [3.63, 3.8) is 0 Å². The highest BCUT2D eigenvalue weighted by Gasteiger charge is 2.57. The van der Waals surface area contributed by atoms with Gasteiger partial charge in [-0.3, -0.25) is 14.5 Å². The number of allylic oxidation sites excluding steroid dienone is 1. The first-order chi connectivity index (χ1) is 19.8. The molecule has 0 saturated carbocycles. The average molecular weight is 596 g/mol. The third-order valence-electron chi connectivity index (χ3n) is 8.28. The molecule has 0 unspecified atom stereocenters. The Hall–Kier alpha value is -2.62. The number of hydrogen-bond donors (Lipinski definition) is 1. The van der Waals surface area contributed by atoms with Gasteiger partial charge in [0.05, 0.1) is 12.2 Å². The number of amides is 1. The molecule has 1 aliphatic heterocycles. The third kappa shape index (κ3) is 7.47. The van der Waals surface area contributed by atoms with Crippen molar-refractivity contribution in [3.8, 4) is 0 Å². The van der Waals surface area contributed by atoms with Crippen LogP contribution in [0.3, 0.4) is 0 Å². The van der Waals surface area contributed by atoms with Crippen LogP contribution >= 0.6 is 0 Å². The predicted molar refractivity (Wildman–Crippen MR) is 169 cm³/mol. The zero-order valence-electron chi connectivity index (χ0n) is 26.5. The van der Waals surface area contributed by atoms with Crippen molar-refractivity contribution < 1.29 is 28.6 Å². The van der Waals surface area contributed by atoms with Crippen LogP contribution < -0.4 is 10.4 Å². The maximum absolute atomic E-state index is 13.1. The Kier molecular flexibility index (Phi) is 11.9. The molecule has 7 nitrogen and oxygen atoms in total. The van der Waals surface area contributed by atoms with Gasteiger partial charge in [-0.2, -0.15) is 0 Å². The van der Waals surface area contributed by atoms with E-state index in [4.69, 9.17) is 13.9 Å². The highest BCUT2D eigenvalue weighted by atomic mass is 28.4. The van der Waals surface area contributed by atoms with Crippen LogP contribution in [0.15, 0.2) is 72.4 Å². The number of rotatable bonds is 13. The molecule has 1 amide bonds. The molecule has 0 spiro atoms. The lowest BCUT2D eigenvalue weighted by Gasteiger charge is -2.46. The van der Waals surface area contributed by atoms with Gasteiger partial charge >= 0.3 is 0 Å². The number of benzene rings is 2. The predicted octanol–water partition coefficient (Wildman–Crippen LogP) is 4.81. The van der Waals surface area contributed by atoms with Gasteiger partial charge in [-0.1, -0.05) is 87.9 Å². The molecule has 42 heavy (non-hydrogen) atoms. The summed E-state index contributed by atoms with van der Waals surface area (Å²) >= 11 is 0. The van der Waals surface area contributed by atoms with Crippen molar-refractivity contribution in [1.29, 1.82) is 0 Å². The van der Waals surface area contributed by atoms with E-state index in [2.05, 4.69) is 45.0 Å². The zero-order chi connectivity index (χ0) is 31.1. The minimum atomic E-state index is -3.03. The lowest BCUT2D eigenvalue weighted by molar-refractivity contribution is -0.143. The normalized spacial score (nSPS) is 22.2. The van der Waals surface area contributed by atoms with Crippen LogP contribution in [0.1, 0.15) is 67.7 Å². The van der Waals surface area contributed by atoms with E-state index in [1.165, 1.54) is 18.7 Å². The summed E-state index contributed by atoms with van der Waals surface area (Å²) in [6.45, 7) is 13.7. The van der Waals surface area contributed by atoms with Crippen LogP contribution in [0.25, 0.3) is 0 Å². The van der Waals surface area contributed by atoms with Crippen molar-refractivity contribution in [2.45, 2.75) is 97.3 Å². The first-order valence-corrected chi connectivity index (χ1v) is 16.9. The summed E-state index contributed by atoms with van der Waals surface area (Å²) in [7, 11) is -1.34. The Labute approximate surface area is 253 Å². The van der Waals surface area contributed by atoms with Gasteiger partial charge in [-0.15, -0.1) is 0 Å². The minimum Gasteiger partial charge on any atom is -0.401 e. The van der Waals surface area contributed by atoms with E-state index < -0.39 is 32.9 Å². The smallest absolute Gasteiger partial charge is 0.261 e. The monoisotopic (exact) mass is 595 g/mol. The molecule has 0 aromatic heterocycles. The molecule has 2 aromatic carbocycles. The molecule has 230 valence electrons. The maximum Gasteiger partial charge on any atom is 0.261 e. The number of Topliss-reactive ketones (excluding diaryl/α,β-unsaturated/α-hetero) is 1. The molecule has 3 rings (SSSR count). The van der Waals surface area contributed by atoms with E-state index in [0.717, 1.165) is 23.2 Å². The van der Waals surface area contributed by atoms with Gasteiger partial charge in [-0.05, 0) is 49.0 Å². The molecule has 1 N–H and O–H groups in total. The molecular weight excluding hydrogens is 546 g/mol. The summed E-state index contributed by atoms with van der Waals surface area (Å²) in [4.78, 5) is 26.7. The number of carbonyl (C=O) groups is 2. The van der Waals surface area contributed by atoms with E-state index in [-0.39, 0.29) is 22.6 Å². The third-order valence-corrected chi connectivity index (χ3v) is 13.3. The fourth-order valence-corrected chi connectivity index (χ4v) is 10.8. The molecule has 8 heteroatoms. The van der Waals surface area contributed by atoms with Gasteiger partial charge in [0, 0.05) is 38.3 Å². The van der Waals surface area contributed by atoms with Gasteiger partial charge in [0.15, 0.2) is 5.78 Å². The maximum atomic E-state index is 13.1. The Bertz CT molecular complexity index is 1150. The van der Waals surface area contributed by atoms with Gasteiger partial charge in [-0.25, -0.2) is 0 Å². The minimum absolute atomic E-state index is 0.122. The summed E-state index contributed by atoms with van der Waals surface area (Å²) < 4.78 is 19.5. The van der Waals surface area contributed by atoms with Crippen LogP contribution in [0.4, 0.5) is 0 Å². The molecule has 0 aliphatic carbocycles. The van der Waals surface area contributed by atoms with Gasteiger partial charge in [0.1, 0.15) is 12.3 Å². The van der Waals surface area contributed by atoms with Crippen molar-refractivity contribution in [2.24, 2.45) is 5.92 Å². The number of ketones is 1. The average Bonchev–Trinajstić information content (AvgIpc) is 3.30. The van der Waals surface area contributed by atoms with Crippen LogP contribution in [-0.4, -0.2) is 68.3 Å². The van der Waals surface area contributed by atoms with Crippen LogP contribution in [-0.2, 0) is 23.5 Å². The standard InChI is InChI=1S/C34H49NO6Si/c1-24(25(2)36)23-35(27(4)38)33-30(21-15-16-22-39-8)32(31(40-33)26(3)37)41-42(34(5,6)7,28-17-11-9-12-18-28)29-19-13-10-14-20-29/h9-14,17-20,23,26,30-33,37H,15-16,21-22H2,1-8H3/b24-23-/t26-,30-,31-,32+,33-/m1/s1. The molecule has 5 atom stereocenters. The molecule has 0 bridgehead atoms. The molecule has 1 fully saturated rings. The van der Waals surface area contributed by atoms with Crippen LogP contribution in [0.5, 0.6) is 0 Å². The summed E-state index contributed by atoms with van der Waals surface area (Å²) in [5.41, 5.74) is 0.455. The number of carbonyl (C=O) groups excluding carboxylic acids is 2. The summed E-state index contributed by atoms with van der Waals surface area (Å²) in [6.07, 6.45) is 1.18. The molecule has 1 aliphatic rings. The fourth-order valence-electron chi connectivity index (χ4n) is 6.03. The lowest BCUT2D eigenvalue weighted by atomic mass is 9.91. The first-order valence-electron chi connectivity index (χ1n) is 14.9. The second kappa shape index (κ2) is 14.7. The second-order valence-electron chi connectivity index (χ2n) is 12.4. The van der Waals surface area contributed by atoms with E-state index in [0.29, 0.717) is 18.6 Å². The first kappa shape index (κ1) is 33.9. The van der Waals surface area contributed by atoms with Crippen molar-refractivity contribution in [1.82, 2.24) is 4.90 Å².